The molecule has 106 valence electrons. The first-order valence-electron chi connectivity index (χ1n) is 7.99. The van der Waals surface area contributed by atoms with Crippen LogP contribution < -0.4 is 5.32 Å². The van der Waals surface area contributed by atoms with E-state index in [4.69, 9.17) is 0 Å². The van der Waals surface area contributed by atoms with Crippen LogP contribution in [0.1, 0.15) is 65.2 Å². The van der Waals surface area contributed by atoms with E-state index >= 15 is 0 Å². The molecule has 0 aromatic rings. The molecule has 0 aliphatic heterocycles. The number of aliphatic hydroxyl groups is 1. The first kappa shape index (κ1) is 14.3. The topological polar surface area (TPSA) is 32.3 Å². The standard InChI is InChI=1S/C16H31NO/c1-13-6-7-15(10-14(13)2)17-11-16(12-18)8-4-3-5-9-16/h13-15,17-18H,3-12H2,1-2H3. The van der Waals surface area contributed by atoms with Gasteiger partial charge in [-0.05, 0) is 43.9 Å². The molecule has 18 heavy (non-hydrogen) atoms. The molecule has 0 amide bonds. The minimum Gasteiger partial charge on any atom is -0.396 e. The van der Waals surface area contributed by atoms with Gasteiger partial charge < -0.3 is 10.4 Å². The third-order valence-corrected chi connectivity index (χ3v) is 5.61. The molecule has 0 heterocycles. The Balaban J connectivity index is 1.79. The van der Waals surface area contributed by atoms with E-state index in [1.54, 1.807) is 0 Å². The number of hydrogen-bond donors (Lipinski definition) is 2. The van der Waals surface area contributed by atoms with Gasteiger partial charge in [0, 0.05) is 24.6 Å². The van der Waals surface area contributed by atoms with Crippen molar-refractivity contribution < 1.29 is 5.11 Å². The fourth-order valence-electron chi connectivity index (χ4n) is 3.79. The molecule has 2 aliphatic rings. The zero-order valence-electron chi connectivity index (χ0n) is 12.3. The molecule has 2 aliphatic carbocycles. The normalized spacial score (nSPS) is 36.5. The van der Waals surface area contributed by atoms with Crippen LogP contribution in [0, 0.1) is 17.3 Å². The second-order valence-corrected chi connectivity index (χ2v) is 7.06. The van der Waals surface area contributed by atoms with Gasteiger partial charge in [0.05, 0.1) is 0 Å². The molecule has 2 heteroatoms. The SMILES string of the molecule is CC1CCC(NCC2(CO)CCCCC2)CC1C. The van der Waals surface area contributed by atoms with Crippen molar-refractivity contribution in [3.63, 3.8) is 0 Å². The van der Waals surface area contributed by atoms with Crippen molar-refractivity contribution in [1.82, 2.24) is 5.32 Å². The molecule has 3 unspecified atom stereocenters. The van der Waals surface area contributed by atoms with Gasteiger partial charge >= 0.3 is 0 Å². The minimum absolute atomic E-state index is 0.199. The third-order valence-electron chi connectivity index (χ3n) is 5.61. The first-order valence-corrected chi connectivity index (χ1v) is 7.99. The summed E-state index contributed by atoms with van der Waals surface area (Å²) in [7, 11) is 0. The molecular formula is C16H31NO. The predicted molar refractivity (Wildman–Crippen MR) is 76.6 cm³/mol. The fraction of sp³-hybridized carbons (Fsp3) is 1.00. The van der Waals surface area contributed by atoms with Crippen LogP contribution in [0.5, 0.6) is 0 Å². The highest BCUT2D eigenvalue weighted by Crippen LogP contribution is 2.36. The zero-order chi connectivity index (χ0) is 13.0. The highest BCUT2D eigenvalue weighted by Gasteiger charge is 2.32. The van der Waals surface area contributed by atoms with Gasteiger partial charge in [-0.3, -0.25) is 0 Å². The molecule has 0 spiro atoms. The Labute approximate surface area is 113 Å². The van der Waals surface area contributed by atoms with Gasteiger partial charge in [0.1, 0.15) is 0 Å². The van der Waals surface area contributed by atoms with E-state index in [1.165, 1.54) is 51.4 Å². The molecule has 0 saturated heterocycles. The first-order chi connectivity index (χ1) is 8.65. The van der Waals surface area contributed by atoms with Crippen LogP contribution in [-0.2, 0) is 0 Å². The molecule has 2 nitrogen and oxygen atoms in total. The fourth-order valence-corrected chi connectivity index (χ4v) is 3.79. The van der Waals surface area contributed by atoms with Crippen LogP contribution in [-0.4, -0.2) is 24.3 Å². The Morgan fingerprint density at radius 2 is 1.78 bits per heavy atom. The summed E-state index contributed by atoms with van der Waals surface area (Å²) in [6, 6.07) is 0.696. The molecule has 0 bridgehead atoms. The smallest absolute Gasteiger partial charge is 0.0499 e. The van der Waals surface area contributed by atoms with Gasteiger partial charge in [-0.25, -0.2) is 0 Å². The van der Waals surface area contributed by atoms with E-state index in [2.05, 4.69) is 19.2 Å². The summed E-state index contributed by atoms with van der Waals surface area (Å²) in [5.41, 5.74) is 0.199. The van der Waals surface area contributed by atoms with Crippen LogP contribution in [0.2, 0.25) is 0 Å². The number of rotatable bonds is 4. The summed E-state index contributed by atoms with van der Waals surface area (Å²) in [6.45, 7) is 6.19. The van der Waals surface area contributed by atoms with Gasteiger partial charge in [-0.2, -0.15) is 0 Å². The average molecular weight is 253 g/mol. The van der Waals surface area contributed by atoms with Crippen LogP contribution >= 0.6 is 0 Å². The quantitative estimate of drug-likeness (QED) is 0.805. The third kappa shape index (κ3) is 3.48. The molecule has 0 aromatic carbocycles. The molecule has 2 fully saturated rings. The van der Waals surface area contributed by atoms with Crippen molar-refractivity contribution in [2.75, 3.05) is 13.2 Å². The van der Waals surface area contributed by atoms with Crippen LogP contribution in [0.4, 0.5) is 0 Å². The summed E-state index contributed by atoms with van der Waals surface area (Å²) in [5.74, 6) is 1.75. The van der Waals surface area contributed by atoms with Crippen molar-refractivity contribution in [3.8, 4) is 0 Å². The Morgan fingerprint density at radius 1 is 1.06 bits per heavy atom. The lowest BCUT2D eigenvalue weighted by atomic mass is 9.74. The number of nitrogens with one attached hydrogen (secondary N) is 1. The molecule has 2 rings (SSSR count). The lowest BCUT2D eigenvalue weighted by molar-refractivity contribution is 0.0737. The molecule has 3 atom stereocenters. The largest absolute Gasteiger partial charge is 0.396 e. The van der Waals surface area contributed by atoms with Crippen molar-refractivity contribution in [2.24, 2.45) is 17.3 Å². The number of hydrogen-bond acceptors (Lipinski definition) is 2. The maximum Gasteiger partial charge on any atom is 0.0499 e. The van der Waals surface area contributed by atoms with Gasteiger partial charge in [-0.15, -0.1) is 0 Å². The number of aliphatic hydroxyl groups excluding tert-OH is 1. The van der Waals surface area contributed by atoms with E-state index in [0.29, 0.717) is 12.6 Å². The highest BCUT2D eigenvalue weighted by atomic mass is 16.3. The van der Waals surface area contributed by atoms with Gasteiger partial charge in [0.2, 0.25) is 0 Å². The van der Waals surface area contributed by atoms with Gasteiger partial charge in [0.15, 0.2) is 0 Å². The summed E-state index contributed by atoms with van der Waals surface area (Å²) >= 11 is 0. The van der Waals surface area contributed by atoms with Crippen molar-refractivity contribution in [1.29, 1.82) is 0 Å². The summed E-state index contributed by atoms with van der Waals surface area (Å²) in [6.07, 6.45) is 10.4. The van der Waals surface area contributed by atoms with Crippen molar-refractivity contribution in [2.45, 2.75) is 71.3 Å². The molecule has 0 aromatic heterocycles. The monoisotopic (exact) mass is 253 g/mol. The molecule has 2 N–H and O–H groups in total. The van der Waals surface area contributed by atoms with Crippen LogP contribution in [0.25, 0.3) is 0 Å². The average Bonchev–Trinajstić information content (AvgIpc) is 2.41. The van der Waals surface area contributed by atoms with Crippen molar-refractivity contribution in [3.05, 3.63) is 0 Å². The van der Waals surface area contributed by atoms with Crippen LogP contribution in [0.15, 0.2) is 0 Å². The Bertz CT molecular complexity index is 247. The maximum absolute atomic E-state index is 9.73. The van der Waals surface area contributed by atoms with Crippen molar-refractivity contribution >= 4 is 0 Å². The molecule has 0 radical (unpaired) electrons. The van der Waals surface area contributed by atoms with E-state index in [1.807, 2.05) is 0 Å². The second-order valence-electron chi connectivity index (χ2n) is 7.06. The minimum atomic E-state index is 0.199. The van der Waals surface area contributed by atoms with Gasteiger partial charge in [-0.1, -0.05) is 33.1 Å². The van der Waals surface area contributed by atoms with E-state index in [-0.39, 0.29) is 5.41 Å². The summed E-state index contributed by atoms with van der Waals surface area (Å²) < 4.78 is 0. The predicted octanol–water partition coefficient (Wildman–Crippen LogP) is 3.34. The Hall–Kier alpha value is -0.0800. The van der Waals surface area contributed by atoms with E-state index < -0.39 is 0 Å². The second kappa shape index (κ2) is 6.38. The molecule has 2 saturated carbocycles. The molecular weight excluding hydrogens is 222 g/mol. The lowest BCUT2D eigenvalue weighted by Crippen LogP contribution is -2.45. The van der Waals surface area contributed by atoms with Crippen LogP contribution in [0.3, 0.4) is 0 Å². The van der Waals surface area contributed by atoms with E-state index in [0.717, 1.165) is 18.4 Å². The highest BCUT2D eigenvalue weighted by molar-refractivity contribution is 4.87. The zero-order valence-corrected chi connectivity index (χ0v) is 12.3. The lowest BCUT2D eigenvalue weighted by Gasteiger charge is -2.39. The Morgan fingerprint density at radius 3 is 2.39 bits per heavy atom. The summed E-state index contributed by atoms with van der Waals surface area (Å²) in [4.78, 5) is 0. The van der Waals surface area contributed by atoms with Gasteiger partial charge in [0.25, 0.3) is 0 Å². The van der Waals surface area contributed by atoms with E-state index in [9.17, 15) is 5.11 Å². The Kier molecular flexibility index (Phi) is 5.08. The summed E-state index contributed by atoms with van der Waals surface area (Å²) in [5, 5.41) is 13.5. The maximum atomic E-state index is 9.73.